The van der Waals surface area contributed by atoms with Gasteiger partial charge in [0.1, 0.15) is 16.5 Å². The monoisotopic (exact) mass is 246 g/mol. The van der Waals surface area contributed by atoms with Gasteiger partial charge in [0, 0.05) is 6.42 Å². The van der Waals surface area contributed by atoms with Crippen molar-refractivity contribution in [1.82, 2.24) is 0 Å². The Morgan fingerprint density at radius 3 is 2.44 bits per heavy atom. The maximum absolute atomic E-state index is 13.4. The molecule has 0 fully saturated rings. The van der Waals surface area contributed by atoms with Gasteiger partial charge in [-0.2, -0.15) is 0 Å². The van der Waals surface area contributed by atoms with E-state index < -0.39 is 37.7 Å². The van der Waals surface area contributed by atoms with Crippen molar-refractivity contribution in [3.63, 3.8) is 0 Å². The molecule has 0 N–H and O–H groups in total. The zero-order valence-electron chi connectivity index (χ0n) is 8.16. The van der Waals surface area contributed by atoms with E-state index in [1.54, 1.807) is 0 Å². The molecule has 0 unspecified atom stereocenters. The van der Waals surface area contributed by atoms with Crippen LogP contribution in [0.5, 0.6) is 0 Å². The molecule has 0 aromatic heterocycles. The molecule has 1 aromatic carbocycles. The highest BCUT2D eigenvalue weighted by Gasteiger charge is 2.32. The van der Waals surface area contributed by atoms with Crippen LogP contribution in [0.4, 0.5) is 8.78 Å². The fraction of sp³-hybridized carbons (Fsp3) is 0.300. The lowest BCUT2D eigenvalue weighted by molar-refractivity contribution is 0.0975. The lowest BCUT2D eigenvalue weighted by Crippen LogP contribution is -2.11. The second kappa shape index (κ2) is 3.62. The van der Waals surface area contributed by atoms with E-state index in [9.17, 15) is 22.0 Å². The molecular formula is C10H8F2O3S. The van der Waals surface area contributed by atoms with Gasteiger partial charge in [-0.1, -0.05) is 0 Å². The zero-order chi connectivity index (χ0) is 11.9. The summed E-state index contributed by atoms with van der Waals surface area (Å²) in [7, 11) is -3.90. The van der Waals surface area contributed by atoms with Crippen LogP contribution in [-0.2, 0) is 9.84 Å². The number of benzene rings is 1. The van der Waals surface area contributed by atoms with Crippen molar-refractivity contribution >= 4 is 15.6 Å². The summed E-state index contributed by atoms with van der Waals surface area (Å²) in [5.41, 5.74) is -0.627. The fourth-order valence-corrected chi connectivity index (χ4v) is 3.36. The third kappa shape index (κ3) is 1.63. The van der Waals surface area contributed by atoms with Crippen molar-refractivity contribution in [2.24, 2.45) is 0 Å². The quantitative estimate of drug-likeness (QED) is 0.700. The average molecular weight is 246 g/mol. The van der Waals surface area contributed by atoms with Crippen LogP contribution in [-0.4, -0.2) is 20.0 Å². The number of hydrogen-bond acceptors (Lipinski definition) is 3. The van der Waals surface area contributed by atoms with Crippen molar-refractivity contribution in [1.29, 1.82) is 0 Å². The van der Waals surface area contributed by atoms with Crippen molar-refractivity contribution in [2.45, 2.75) is 17.7 Å². The number of halogens is 2. The predicted octanol–water partition coefficient (Wildman–Crippen LogP) is 1.72. The van der Waals surface area contributed by atoms with Gasteiger partial charge in [-0.25, -0.2) is 17.2 Å². The topological polar surface area (TPSA) is 51.2 Å². The molecule has 0 radical (unpaired) electrons. The molecule has 2 rings (SSSR count). The molecule has 1 aliphatic heterocycles. The number of carbonyl (C=O) groups is 1. The van der Waals surface area contributed by atoms with Crippen LogP contribution in [0.2, 0.25) is 0 Å². The average Bonchev–Trinajstić information content (AvgIpc) is 2.30. The maximum Gasteiger partial charge on any atom is 0.182 e. The third-order valence-electron chi connectivity index (χ3n) is 2.47. The molecule has 1 aliphatic rings. The van der Waals surface area contributed by atoms with E-state index >= 15 is 0 Å². The molecule has 0 saturated heterocycles. The zero-order valence-corrected chi connectivity index (χ0v) is 8.98. The summed E-state index contributed by atoms with van der Waals surface area (Å²) in [6, 6.07) is 1.50. The Morgan fingerprint density at radius 1 is 1.12 bits per heavy atom. The van der Waals surface area contributed by atoms with Gasteiger partial charge in [-0.15, -0.1) is 0 Å². The van der Waals surface area contributed by atoms with E-state index in [4.69, 9.17) is 0 Å². The van der Waals surface area contributed by atoms with E-state index in [-0.39, 0.29) is 18.6 Å². The van der Waals surface area contributed by atoms with Crippen LogP contribution in [0.25, 0.3) is 0 Å². The van der Waals surface area contributed by atoms with Crippen LogP contribution in [0.3, 0.4) is 0 Å². The van der Waals surface area contributed by atoms with E-state index in [0.29, 0.717) is 0 Å². The second-order valence-electron chi connectivity index (χ2n) is 3.58. The summed E-state index contributed by atoms with van der Waals surface area (Å²) in [5.74, 6) is -3.03. The SMILES string of the molecule is O=C1CCCS(=O)(=O)c2c(F)ccc(F)c21. The Morgan fingerprint density at radius 2 is 1.75 bits per heavy atom. The van der Waals surface area contributed by atoms with Gasteiger partial charge >= 0.3 is 0 Å². The first-order chi connectivity index (χ1) is 7.43. The largest absolute Gasteiger partial charge is 0.294 e. The van der Waals surface area contributed by atoms with Gasteiger partial charge in [0.15, 0.2) is 15.6 Å². The lowest BCUT2D eigenvalue weighted by Gasteiger charge is -2.06. The van der Waals surface area contributed by atoms with Gasteiger partial charge < -0.3 is 0 Å². The lowest BCUT2D eigenvalue weighted by atomic mass is 10.1. The molecule has 6 heteroatoms. The summed E-state index contributed by atoms with van der Waals surface area (Å²) < 4.78 is 50.1. The van der Waals surface area contributed by atoms with Crippen LogP contribution >= 0.6 is 0 Å². The van der Waals surface area contributed by atoms with Gasteiger partial charge in [-0.3, -0.25) is 4.79 Å². The number of rotatable bonds is 0. The summed E-state index contributed by atoms with van der Waals surface area (Å²) in [6.07, 6.45) is 0.0152. The minimum Gasteiger partial charge on any atom is -0.294 e. The van der Waals surface area contributed by atoms with Crippen molar-refractivity contribution in [2.75, 3.05) is 5.75 Å². The van der Waals surface area contributed by atoms with Crippen molar-refractivity contribution in [3.8, 4) is 0 Å². The van der Waals surface area contributed by atoms with Gasteiger partial charge in [0.05, 0.1) is 11.3 Å². The molecule has 0 spiro atoms. The Hall–Kier alpha value is -1.30. The number of hydrogen-bond donors (Lipinski definition) is 0. The molecule has 1 heterocycles. The summed E-state index contributed by atoms with van der Waals surface area (Å²) in [5, 5.41) is 0. The second-order valence-corrected chi connectivity index (χ2v) is 5.62. The summed E-state index contributed by atoms with van der Waals surface area (Å²) in [4.78, 5) is 10.7. The van der Waals surface area contributed by atoms with E-state index in [0.717, 1.165) is 12.1 Å². The Labute approximate surface area is 91.0 Å². The normalized spacial score (nSPS) is 19.0. The van der Waals surface area contributed by atoms with Gasteiger partial charge in [0.2, 0.25) is 0 Å². The minimum absolute atomic E-state index is 0.0768. The predicted molar refractivity (Wildman–Crippen MR) is 52.0 cm³/mol. The highest BCUT2D eigenvalue weighted by atomic mass is 32.2. The van der Waals surface area contributed by atoms with Crippen molar-refractivity contribution in [3.05, 3.63) is 29.3 Å². The van der Waals surface area contributed by atoms with Gasteiger partial charge in [0.25, 0.3) is 0 Å². The van der Waals surface area contributed by atoms with E-state index in [1.807, 2.05) is 0 Å². The third-order valence-corrected chi connectivity index (χ3v) is 4.31. The smallest absolute Gasteiger partial charge is 0.182 e. The van der Waals surface area contributed by atoms with Crippen LogP contribution in [0.1, 0.15) is 23.2 Å². The molecule has 0 amide bonds. The molecule has 0 aliphatic carbocycles. The number of Topliss-reactive ketones (excluding diaryl/α,β-unsaturated/α-hetero) is 1. The molecular weight excluding hydrogens is 238 g/mol. The minimum atomic E-state index is -3.90. The number of carbonyl (C=O) groups excluding carboxylic acids is 1. The molecule has 0 bridgehead atoms. The van der Waals surface area contributed by atoms with E-state index in [2.05, 4.69) is 0 Å². The van der Waals surface area contributed by atoms with Gasteiger partial charge in [-0.05, 0) is 18.6 Å². The van der Waals surface area contributed by atoms with Crippen LogP contribution < -0.4 is 0 Å². The van der Waals surface area contributed by atoms with E-state index in [1.165, 1.54) is 0 Å². The summed E-state index contributed by atoms with van der Waals surface area (Å²) in [6.45, 7) is 0. The Bertz CT molecular complexity index is 564. The first-order valence-electron chi connectivity index (χ1n) is 4.67. The van der Waals surface area contributed by atoms with Crippen LogP contribution in [0.15, 0.2) is 17.0 Å². The molecule has 0 atom stereocenters. The maximum atomic E-state index is 13.4. The first-order valence-corrected chi connectivity index (χ1v) is 6.32. The Balaban J connectivity index is 2.87. The Kier molecular flexibility index (Phi) is 2.53. The fourth-order valence-electron chi connectivity index (χ4n) is 1.75. The molecule has 1 aromatic rings. The molecule has 0 saturated carbocycles. The summed E-state index contributed by atoms with van der Waals surface area (Å²) >= 11 is 0. The number of sulfone groups is 1. The first kappa shape index (κ1) is 11.2. The number of fused-ring (bicyclic) bond motifs is 1. The highest BCUT2D eigenvalue weighted by Crippen LogP contribution is 2.28. The number of ketones is 1. The molecule has 86 valence electrons. The van der Waals surface area contributed by atoms with Crippen LogP contribution in [0, 0.1) is 11.6 Å². The van der Waals surface area contributed by atoms with Crippen molar-refractivity contribution < 1.29 is 22.0 Å². The standard InChI is InChI=1S/C10H8F2O3S/c11-6-3-4-7(12)10-9(6)8(13)2-1-5-16(10,14)15/h3-4H,1-2,5H2. The molecule has 3 nitrogen and oxygen atoms in total. The molecule has 16 heavy (non-hydrogen) atoms. The highest BCUT2D eigenvalue weighted by molar-refractivity contribution is 7.91.